The Balaban J connectivity index is 2.29. The van der Waals surface area contributed by atoms with E-state index in [9.17, 15) is 13.5 Å². The summed E-state index contributed by atoms with van der Waals surface area (Å²) in [5.41, 5.74) is 0.148. The average Bonchev–Trinajstić information content (AvgIpc) is 2.81. The topological polar surface area (TPSA) is 71.8 Å². The monoisotopic (exact) mass is 302 g/mol. The summed E-state index contributed by atoms with van der Waals surface area (Å²) in [6.07, 6.45) is 3.18. The Bertz CT molecular complexity index is 581. The van der Waals surface area contributed by atoms with Gasteiger partial charge in [0.25, 0.3) is 0 Å². The van der Waals surface area contributed by atoms with Crippen LogP contribution in [0.15, 0.2) is 17.2 Å². The molecule has 1 N–H and O–H groups in total. The van der Waals surface area contributed by atoms with Crippen LogP contribution in [0, 0.1) is 0 Å². The number of ether oxygens (including phenoxy) is 1. The Labute approximate surface area is 120 Å². The van der Waals surface area contributed by atoms with Gasteiger partial charge >= 0.3 is 0 Å². The normalized spacial score (nSPS) is 25.0. The highest BCUT2D eigenvalue weighted by atomic mass is 32.2. The summed E-state index contributed by atoms with van der Waals surface area (Å²) in [6.45, 7) is 2.61. The SMILES string of the molecule is COC1(C)CCCN(S(=O)(=O)c2cc(CO)n(C)c2)C1. The molecule has 1 unspecified atom stereocenters. The van der Waals surface area contributed by atoms with Gasteiger partial charge in [-0.1, -0.05) is 0 Å². The maximum atomic E-state index is 12.6. The molecule has 114 valence electrons. The highest BCUT2D eigenvalue weighted by Crippen LogP contribution is 2.28. The molecule has 0 spiro atoms. The van der Waals surface area contributed by atoms with Crippen molar-refractivity contribution in [2.75, 3.05) is 20.2 Å². The molecule has 1 saturated heterocycles. The fourth-order valence-corrected chi connectivity index (χ4v) is 4.24. The zero-order chi connectivity index (χ0) is 15.0. The Morgan fingerprint density at radius 3 is 2.75 bits per heavy atom. The molecule has 0 amide bonds. The molecule has 2 heterocycles. The minimum Gasteiger partial charge on any atom is -0.390 e. The zero-order valence-corrected chi connectivity index (χ0v) is 13.0. The molecule has 7 heteroatoms. The lowest BCUT2D eigenvalue weighted by Crippen LogP contribution is -2.49. The van der Waals surface area contributed by atoms with Crippen molar-refractivity contribution < 1.29 is 18.3 Å². The first-order valence-corrected chi connectivity index (χ1v) is 8.08. The molecule has 2 rings (SSSR count). The van der Waals surface area contributed by atoms with Crippen LogP contribution in [0.3, 0.4) is 0 Å². The molecule has 0 saturated carbocycles. The van der Waals surface area contributed by atoms with Crippen molar-refractivity contribution in [2.24, 2.45) is 7.05 Å². The third-order valence-electron chi connectivity index (χ3n) is 4.00. The van der Waals surface area contributed by atoms with E-state index in [1.54, 1.807) is 24.9 Å². The number of aryl methyl sites for hydroxylation is 1. The van der Waals surface area contributed by atoms with Crippen LogP contribution in [0.2, 0.25) is 0 Å². The van der Waals surface area contributed by atoms with E-state index in [0.29, 0.717) is 18.8 Å². The quantitative estimate of drug-likeness (QED) is 0.889. The number of piperidine rings is 1. The maximum Gasteiger partial charge on any atom is 0.244 e. The van der Waals surface area contributed by atoms with Crippen molar-refractivity contribution in [3.05, 3.63) is 18.0 Å². The fraction of sp³-hybridized carbons (Fsp3) is 0.692. The number of sulfonamides is 1. The van der Waals surface area contributed by atoms with Gasteiger partial charge in [-0.25, -0.2) is 8.42 Å². The Hall–Kier alpha value is -0.890. The third kappa shape index (κ3) is 2.76. The van der Waals surface area contributed by atoms with Gasteiger partial charge in [0.05, 0.1) is 12.2 Å². The molecular weight excluding hydrogens is 280 g/mol. The van der Waals surface area contributed by atoms with Gasteiger partial charge in [0.15, 0.2) is 0 Å². The standard InChI is InChI=1S/C13H22N2O4S/c1-13(19-3)5-4-6-15(10-13)20(17,18)12-7-11(9-16)14(2)8-12/h7-8,16H,4-6,9-10H2,1-3H3. The molecule has 6 nitrogen and oxygen atoms in total. The van der Waals surface area contributed by atoms with Crippen molar-refractivity contribution in [1.82, 2.24) is 8.87 Å². The van der Waals surface area contributed by atoms with Crippen molar-refractivity contribution in [1.29, 1.82) is 0 Å². The van der Waals surface area contributed by atoms with E-state index < -0.39 is 15.6 Å². The molecular formula is C13H22N2O4S. The molecule has 1 aliphatic heterocycles. The summed E-state index contributed by atoms with van der Waals surface area (Å²) in [5, 5.41) is 9.18. The van der Waals surface area contributed by atoms with E-state index in [1.807, 2.05) is 6.92 Å². The number of hydrogen-bond donors (Lipinski definition) is 1. The number of rotatable bonds is 4. The molecule has 0 radical (unpaired) electrons. The van der Waals surface area contributed by atoms with Gasteiger partial charge in [0, 0.05) is 39.1 Å². The lowest BCUT2D eigenvalue weighted by Gasteiger charge is -2.38. The number of nitrogens with zero attached hydrogens (tertiary/aromatic N) is 2. The Morgan fingerprint density at radius 1 is 1.50 bits per heavy atom. The lowest BCUT2D eigenvalue weighted by molar-refractivity contribution is -0.0319. The van der Waals surface area contributed by atoms with Crippen LogP contribution in [0.1, 0.15) is 25.5 Å². The largest absolute Gasteiger partial charge is 0.390 e. The first-order chi connectivity index (χ1) is 9.32. The minimum atomic E-state index is -3.53. The van der Waals surface area contributed by atoms with E-state index in [2.05, 4.69) is 0 Å². The van der Waals surface area contributed by atoms with Gasteiger partial charge in [-0.2, -0.15) is 4.31 Å². The number of aliphatic hydroxyl groups is 1. The van der Waals surface area contributed by atoms with Crippen LogP contribution in [-0.2, 0) is 28.4 Å². The van der Waals surface area contributed by atoms with Crippen molar-refractivity contribution in [3.63, 3.8) is 0 Å². The van der Waals surface area contributed by atoms with Crippen LogP contribution >= 0.6 is 0 Å². The summed E-state index contributed by atoms with van der Waals surface area (Å²) in [5.74, 6) is 0. The highest BCUT2D eigenvalue weighted by molar-refractivity contribution is 7.89. The van der Waals surface area contributed by atoms with E-state index >= 15 is 0 Å². The van der Waals surface area contributed by atoms with Crippen LogP contribution in [0.5, 0.6) is 0 Å². The Kier molecular flexibility index (Phi) is 4.24. The molecule has 1 aliphatic rings. The number of aliphatic hydroxyl groups excluding tert-OH is 1. The predicted octanol–water partition coefficient (Wildman–Crippen LogP) is 0.707. The highest BCUT2D eigenvalue weighted by Gasteiger charge is 2.37. The zero-order valence-electron chi connectivity index (χ0n) is 12.2. The first kappa shape index (κ1) is 15.5. The van der Waals surface area contributed by atoms with Crippen molar-refractivity contribution in [3.8, 4) is 0 Å². The average molecular weight is 302 g/mol. The summed E-state index contributed by atoms with van der Waals surface area (Å²) in [7, 11) is -0.198. The van der Waals surface area contributed by atoms with Gasteiger partial charge < -0.3 is 14.4 Å². The van der Waals surface area contributed by atoms with E-state index in [4.69, 9.17) is 4.74 Å². The lowest BCUT2D eigenvalue weighted by atomic mass is 9.96. The molecule has 1 fully saturated rings. The van der Waals surface area contributed by atoms with E-state index in [0.717, 1.165) is 12.8 Å². The molecule has 20 heavy (non-hydrogen) atoms. The molecule has 1 aromatic rings. The predicted molar refractivity (Wildman–Crippen MR) is 74.7 cm³/mol. The Morgan fingerprint density at radius 2 is 2.20 bits per heavy atom. The van der Waals surface area contributed by atoms with Crippen molar-refractivity contribution in [2.45, 2.75) is 36.9 Å². The van der Waals surface area contributed by atoms with Gasteiger partial charge in [-0.15, -0.1) is 0 Å². The van der Waals surface area contributed by atoms with Gasteiger partial charge in [0.2, 0.25) is 10.0 Å². The van der Waals surface area contributed by atoms with Crippen LogP contribution < -0.4 is 0 Å². The molecule has 0 bridgehead atoms. The second-order valence-electron chi connectivity index (χ2n) is 5.53. The van der Waals surface area contributed by atoms with E-state index in [-0.39, 0.29) is 11.5 Å². The van der Waals surface area contributed by atoms with Crippen LogP contribution in [0.4, 0.5) is 0 Å². The third-order valence-corrected chi connectivity index (χ3v) is 5.81. The fourth-order valence-electron chi connectivity index (χ4n) is 2.56. The second-order valence-corrected chi connectivity index (χ2v) is 7.47. The second kappa shape index (κ2) is 5.48. The molecule has 1 atom stereocenters. The summed E-state index contributed by atoms with van der Waals surface area (Å²) >= 11 is 0. The molecule has 1 aromatic heterocycles. The number of aromatic nitrogens is 1. The van der Waals surface area contributed by atoms with Gasteiger partial charge in [-0.3, -0.25) is 0 Å². The maximum absolute atomic E-state index is 12.6. The summed E-state index contributed by atoms with van der Waals surface area (Å²) in [4.78, 5) is 0.226. The van der Waals surface area contributed by atoms with Gasteiger partial charge in [0.1, 0.15) is 4.90 Å². The van der Waals surface area contributed by atoms with E-state index in [1.165, 1.54) is 10.4 Å². The minimum absolute atomic E-state index is 0.179. The number of methoxy groups -OCH3 is 1. The molecule has 0 aromatic carbocycles. The van der Waals surface area contributed by atoms with Gasteiger partial charge in [-0.05, 0) is 25.8 Å². The summed E-state index contributed by atoms with van der Waals surface area (Å²) in [6, 6.07) is 1.52. The summed E-state index contributed by atoms with van der Waals surface area (Å²) < 4.78 is 33.8. The molecule has 0 aliphatic carbocycles. The van der Waals surface area contributed by atoms with Crippen molar-refractivity contribution >= 4 is 10.0 Å². The van der Waals surface area contributed by atoms with Crippen LogP contribution in [-0.4, -0.2) is 48.2 Å². The number of hydrogen-bond acceptors (Lipinski definition) is 4. The van der Waals surface area contributed by atoms with Crippen LogP contribution in [0.25, 0.3) is 0 Å². The smallest absolute Gasteiger partial charge is 0.244 e. The first-order valence-electron chi connectivity index (χ1n) is 6.64.